The van der Waals surface area contributed by atoms with Gasteiger partial charge in [0.25, 0.3) is 0 Å². The molecule has 20 heavy (non-hydrogen) atoms. The van der Waals surface area contributed by atoms with Gasteiger partial charge in [-0.05, 0) is 24.6 Å². The fourth-order valence-corrected chi connectivity index (χ4v) is 2.51. The van der Waals surface area contributed by atoms with E-state index in [4.69, 9.17) is 4.74 Å². The molecule has 112 valence electrons. The van der Waals surface area contributed by atoms with E-state index in [9.17, 15) is 13.2 Å². The van der Waals surface area contributed by atoms with Crippen molar-refractivity contribution in [1.29, 1.82) is 0 Å². The molecule has 0 saturated carbocycles. The van der Waals surface area contributed by atoms with Gasteiger partial charge in [-0.1, -0.05) is 12.1 Å². The summed E-state index contributed by atoms with van der Waals surface area (Å²) in [7, 11) is -2.23. The Bertz CT molecular complexity index is 524. The monoisotopic (exact) mass is 301 g/mol. The van der Waals surface area contributed by atoms with Crippen LogP contribution in [0.15, 0.2) is 29.2 Å². The average molecular weight is 301 g/mol. The van der Waals surface area contributed by atoms with Gasteiger partial charge in [0, 0.05) is 13.2 Å². The normalized spacial score (nSPS) is 11.3. The second-order valence-electron chi connectivity index (χ2n) is 3.99. The molecule has 0 unspecified atom stereocenters. The van der Waals surface area contributed by atoms with Crippen molar-refractivity contribution in [3.05, 3.63) is 29.8 Å². The second kappa shape index (κ2) is 7.98. The number of rotatable bonds is 8. The van der Waals surface area contributed by atoms with E-state index in [2.05, 4.69) is 9.46 Å². The molecule has 1 rings (SSSR count). The number of carbonyl (C=O) groups is 1. The second-order valence-corrected chi connectivity index (χ2v) is 5.76. The highest BCUT2D eigenvalue weighted by Gasteiger charge is 2.13. The molecule has 0 atom stereocenters. The zero-order valence-corrected chi connectivity index (χ0v) is 12.4. The van der Waals surface area contributed by atoms with Gasteiger partial charge in [-0.2, -0.15) is 0 Å². The number of sulfonamides is 1. The number of benzene rings is 1. The minimum Gasteiger partial charge on any atom is -0.469 e. The lowest BCUT2D eigenvalue weighted by Crippen LogP contribution is -2.27. The molecule has 0 aliphatic heterocycles. The van der Waals surface area contributed by atoms with Gasteiger partial charge in [0.1, 0.15) is 0 Å². The molecule has 0 radical (unpaired) electrons. The topological polar surface area (TPSA) is 81.7 Å². The predicted octanol–water partition coefficient (Wildman–Crippen LogP) is 0.717. The fourth-order valence-electron chi connectivity index (χ4n) is 1.50. The quantitative estimate of drug-likeness (QED) is 0.565. The van der Waals surface area contributed by atoms with Gasteiger partial charge in [-0.15, -0.1) is 0 Å². The van der Waals surface area contributed by atoms with Crippen LogP contribution in [0.4, 0.5) is 0 Å². The third kappa shape index (κ3) is 5.28. The molecule has 7 heteroatoms. The molecule has 1 aromatic rings. The molecular formula is C13H19NO5S. The molecule has 0 fully saturated rings. The van der Waals surface area contributed by atoms with Crippen LogP contribution in [0.3, 0.4) is 0 Å². The van der Waals surface area contributed by atoms with Gasteiger partial charge in [0.05, 0.1) is 25.0 Å². The zero-order valence-electron chi connectivity index (χ0n) is 11.6. The number of carbonyl (C=O) groups excluding carboxylic acids is 1. The molecule has 0 amide bonds. The largest absolute Gasteiger partial charge is 0.469 e. The van der Waals surface area contributed by atoms with Gasteiger partial charge in [0.15, 0.2) is 0 Å². The molecule has 1 N–H and O–H groups in total. The summed E-state index contributed by atoms with van der Waals surface area (Å²) in [6.07, 6.45) is 0.120. The van der Waals surface area contributed by atoms with Gasteiger partial charge in [-0.25, -0.2) is 13.1 Å². The van der Waals surface area contributed by atoms with Crippen molar-refractivity contribution in [3.63, 3.8) is 0 Å². The Hall–Kier alpha value is -1.44. The number of methoxy groups -OCH3 is 1. The molecule has 0 heterocycles. The molecular weight excluding hydrogens is 282 g/mol. The van der Waals surface area contributed by atoms with E-state index in [-0.39, 0.29) is 23.8 Å². The van der Waals surface area contributed by atoms with Gasteiger partial charge < -0.3 is 9.47 Å². The van der Waals surface area contributed by atoms with E-state index in [0.29, 0.717) is 18.8 Å². The fraction of sp³-hybridized carbons (Fsp3) is 0.462. The van der Waals surface area contributed by atoms with Gasteiger partial charge in [0.2, 0.25) is 10.0 Å². The number of esters is 1. The van der Waals surface area contributed by atoms with Gasteiger partial charge in [-0.3, -0.25) is 4.79 Å². The van der Waals surface area contributed by atoms with Gasteiger partial charge >= 0.3 is 5.97 Å². The lowest BCUT2D eigenvalue weighted by Gasteiger charge is -2.07. The summed E-state index contributed by atoms with van der Waals surface area (Å²) < 4.78 is 35.9. The third-order valence-electron chi connectivity index (χ3n) is 2.55. The third-order valence-corrected chi connectivity index (χ3v) is 4.03. The molecule has 0 spiro atoms. The van der Waals surface area contributed by atoms with E-state index < -0.39 is 10.0 Å². The highest BCUT2D eigenvalue weighted by atomic mass is 32.2. The standard InChI is InChI=1S/C13H19NO5S/c1-3-19-9-8-14-20(16,17)12-6-4-11(5-7-12)10-13(15)18-2/h4-7,14H,3,8-10H2,1-2H3. The summed E-state index contributed by atoms with van der Waals surface area (Å²) in [5, 5.41) is 0. The van der Waals surface area contributed by atoms with Crippen LogP contribution >= 0.6 is 0 Å². The van der Waals surface area contributed by atoms with Crippen LogP contribution in [0, 0.1) is 0 Å². The maximum Gasteiger partial charge on any atom is 0.309 e. The van der Waals surface area contributed by atoms with Crippen molar-refractivity contribution in [1.82, 2.24) is 4.72 Å². The molecule has 0 aliphatic rings. The summed E-state index contributed by atoms with van der Waals surface area (Å²) in [5.41, 5.74) is 0.699. The summed E-state index contributed by atoms with van der Waals surface area (Å²) >= 11 is 0. The van der Waals surface area contributed by atoms with Crippen LogP contribution in [0.5, 0.6) is 0 Å². The van der Waals surface area contributed by atoms with Crippen LogP contribution in [-0.2, 0) is 30.7 Å². The van der Waals surface area contributed by atoms with Crippen LogP contribution < -0.4 is 4.72 Å². The Morgan fingerprint density at radius 2 is 1.90 bits per heavy atom. The van der Waals surface area contributed by atoms with Crippen molar-refractivity contribution in [3.8, 4) is 0 Å². The molecule has 0 aliphatic carbocycles. The van der Waals surface area contributed by atoms with Crippen molar-refractivity contribution >= 4 is 16.0 Å². The van der Waals surface area contributed by atoms with Crippen molar-refractivity contribution < 1.29 is 22.7 Å². The molecule has 6 nitrogen and oxygen atoms in total. The Morgan fingerprint density at radius 1 is 1.25 bits per heavy atom. The van der Waals surface area contributed by atoms with E-state index in [1.54, 1.807) is 12.1 Å². The van der Waals surface area contributed by atoms with Crippen molar-refractivity contribution in [2.75, 3.05) is 26.9 Å². The minimum absolute atomic E-state index is 0.120. The number of nitrogens with one attached hydrogen (secondary N) is 1. The first kappa shape index (κ1) is 16.6. The summed E-state index contributed by atoms with van der Waals surface area (Å²) in [4.78, 5) is 11.3. The van der Waals surface area contributed by atoms with E-state index in [1.807, 2.05) is 6.92 Å². The Labute approximate surface area is 119 Å². The Morgan fingerprint density at radius 3 is 2.45 bits per heavy atom. The number of ether oxygens (including phenoxy) is 2. The van der Waals surface area contributed by atoms with Crippen molar-refractivity contribution in [2.24, 2.45) is 0 Å². The zero-order chi connectivity index (χ0) is 15.0. The summed E-state index contributed by atoms with van der Waals surface area (Å²) in [5.74, 6) is -0.365. The predicted molar refractivity (Wildman–Crippen MR) is 73.8 cm³/mol. The molecule has 1 aromatic carbocycles. The highest BCUT2D eigenvalue weighted by Crippen LogP contribution is 2.11. The highest BCUT2D eigenvalue weighted by molar-refractivity contribution is 7.89. The maximum absolute atomic E-state index is 11.9. The SMILES string of the molecule is CCOCCNS(=O)(=O)c1ccc(CC(=O)OC)cc1. The Balaban J connectivity index is 2.64. The first-order valence-corrected chi connectivity index (χ1v) is 7.71. The van der Waals surface area contributed by atoms with Crippen LogP contribution in [0.1, 0.15) is 12.5 Å². The number of hydrogen-bond donors (Lipinski definition) is 1. The van der Waals surface area contributed by atoms with Crippen LogP contribution in [-0.4, -0.2) is 41.3 Å². The minimum atomic E-state index is -3.54. The molecule has 0 saturated heterocycles. The smallest absolute Gasteiger partial charge is 0.309 e. The van der Waals surface area contributed by atoms with E-state index in [1.165, 1.54) is 19.2 Å². The van der Waals surface area contributed by atoms with Crippen LogP contribution in [0.2, 0.25) is 0 Å². The van der Waals surface area contributed by atoms with Crippen molar-refractivity contribution in [2.45, 2.75) is 18.2 Å². The number of hydrogen-bond acceptors (Lipinski definition) is 5. The lowest BCUT2D eigenvalue weighted by atomic mass is 10.2. The first-order valence-electron chi connectivity index (χ1n) is 6.22. The lowest BCUT2D eigenvalue weighted by molar-refractivity contribution is -0.139. The van der Waals surface area contributed by atoms with E-state index in [0.717, 1.165) is 0 Å². The first-order chi connectivity index (χ1) is 9.49. The molecule has 0 bridgehead atoms. The Kier molecular flexibility index (Phi) is 6.63. The average Bonchev–Trinajstić information content (AvgIpc) is 2.44. The van der Waals surface area contributed by atoms with Crippen LogP contribution in [0.25, 0.3) is 0 Å². The molecule has 0 aromatic heterocycles. The summed E-state index contributed by atoms with van der Waals surface area (Å²) in [6, 6.07) is 6.10. The summed E-state index contributed by atoms with van der Waals surface area (Å²) in [6.45, 7) is 2.94. The maximum atomic E-state index is 11.9. The van der Waals surface area contributed by atoms with E-state index >= 15 is 0 Å².